The van der Waals surface area contributed by atoms with Crippen LogP contribution in [-0.2, 0) is 21.8 Å². The van der Waals surface area contributed by atoms with Crippen LogP contribution in [0.25, 0.3) is 21.5 Å². The van der Waals surface area contributed by atoms with Gasteiger partial charge in [0.25, 0.3) is 0 Å². The van der Waals surface area contributed by atoms with E-state index in [1.54, 1.807) is 44.4 Å². The largest absolute Gasteiger partial charge is 0.416 e. The highest BCUT2D eigenvalue weighted by atomic mass is 35.5. The molecule has 12 nitrogen and oxygen atoms in total. The number of hydrogen-bond acceptors (Lipinski definition) is 12. The van der Waals surface area contributed by atoms with Crippen LogP contribution in [0.3, 0.4) is 0 Å². The van der Waals surface area contributed by atoms with Crippen molar-refractivity contribution in [1.29, 1.82) is 0 Å². The van der Waals surface area contributed by atoms with E-state index in [0.29, 0.717) is 51.2 Å². The van der Waals surface area contributed by atoms with Crippen LogP contribution in [0, 0.1) is 27.7 Å². The summed E-state index contributed by atoms with van der Waals surface area (Å²) in [4.78, 5) is 10.9. The van der Waals surface area contributed by atoms with Crippen molar-refractivity contribution in [2.75, 3.05) is 41.7 Å². The maximum atomic E-state index is 13.4. The predicted molar refractivity (Wildman–Crippen MR) is 244 cm³/mol. The number of morpholine rings is 2. The maximum absolute atomic E-state index is 13.4. The van der Waals surface area contributed by atoms with Gasteiger partial charge in [0.15, 0.2) is 11.6 Å². The summed E-state index contributed by atoms with van der Waals surface area (Å²) in [6, 6.07) is 11.2. The Morgan fingerprint density at radius 3 is 1.52 bits per heavy atom. The van der Waals surface area contributed by atoms with Crippen LogP contribution < -0.4 is 20.9 Å². The fraction of sp³-hybridized carbons (Fsp3) is 0.435. The fourth-order valence-corrected chi connectivity index (χ4v) is 9.04. The third-order valence-electron chi connectivity index (χ3n) is 12.4. The molecule has 2 aromatic carbocycles. The molecular weight excluding hydrogens is 909 g/mol. The van der Waals surface area contributed by atoms with Gasteiger partial charge in [-0.05, 0) is 88.1 Å². The second-order valence-electron chi connectivity index (χ2n) is 17.0. The van der Waals surface area contributed by atoms with Gasteiger partial charge in [-0.1, -0.05) is 35.9 Å². The zero-order valence-corrected chi connectivity index (χ0v) is 38.6. The molecule has 0 saturated carbocycles. The van der Waals surface area contributed by atoms with Crippen LogP contribution in [0.1, 0.15) is 83.5 Å². The molecule has 4 bridgehead atoms. The van der Waals surface area contributed by atoms with E-state index in [-0.39, 0.29) is 35.7 Å². The van der Waals surface area contributed by atoms with Crippen molar-refractivity contribution in [3.63, 3.8) is 0 Å². The quantitative estimate of drug-likeness (QED) is 0.104. The number of pyridine rings is 2. The molecule has 20 heteroatoms. The molecule has 0 radical (unpaired) electrons. The minimum atomic E-state index is -4.39. The number of nitrogens with zero attached hydrogens (tertiary/aromatic N) is 7. The number of aromatic nitrogens is 6. The number of anilines is 3. The standard InChI is InChI=1S/C23H24F3N5O.C18H16ClF3N4.C5H9NO.ClH/c1-12-17(5-4-6-20(12)23(24,25)26)13(2)28-22-18-8-21(27-9-19(18)14(3)29-30-22)31-10-15-7-16(11-31)32-15;1-9-12(5-4-6-15(9)18(20,21)22)10(2)24-17-13-7-16(19)23-8-14(13)11(3)25-26-17;1-4-2-6-3-5(1)7-4;/h4-6,8-9,13,15-16H,7,10-11H2,1-3H3,(H,28,30);4-8,10H,1-3H3,(H,24,26);4-6H,1-3H2;1H/t13-,15?,16?;10-;;/m11../s1. The third kappa shape index (κ3) is 10.5. The molecule has 6 aliphatic rings. The van der Waals surface area contributed by atoms with Gasteiger partial charge in [0, 0.05) is 73.0 Å². The van der Waals surface area contributed by atoms with Crippen molar-refractivity contribution >= 4 is 63.0 Å². The molecule has 352 valence electrons. The van der Waals surface area contributed by atoms with E-state index >= 15 is 0 Å². The van der Waals surface area contributed by atoms with Crippen LogP contribution in [0.15, 0.2) is 60.9 Å². The van der Waals surface area contributed by atoms with E-state index in [9.17, 15) is 26.3 Å². The molecule has 6 aromatic rings. The first-order valence-corrected chi connectivity index (χ1v) is 21.8. The molecule has 12 rings (SSSR count). The summed E-state index contributed by atoms with van der Waals surface area (Å²) in [5.74, 6) is 1.81. The molecule has 6 saturated heterocycles. The van der Waals surface area contributed by atoms with E-state index < -0.39 is 35.6 Å². The Kier molecular flexibility index (Phi) is 14.5. The maximum Gasteiger partial charge on any atom is 0.416 e. The highest BCUT2D eigenvalue weighted by Crippen LogP contribution is 2.38. The molecule has 0 spiro atoms. The molecule has 6 atom stereocenters. The van der Waals surface area contributed by atoms with Gasteiger partial charge < -0.3 is 30.3 Å². The van der Waals surface area contributed by atoms with Crippen LogP contribution in [0.2, 0.25) is 5.15 Å². The van der Waals surface area contributed by atoms with Gasteiger partial charge in [0.1, 0.15) is 11.0 Å². The van der Waals surface area contributed by atoms with Crippen molar-refractivity contribution < 1.29 is 35.8 Å². The summed E-state index contributed by atoms with van der Waals surface area (Å²) in [5.41, 5.74) is 1.67. The molecule has 6 aliphatic heterocycles. The molecule has 3 N–H and O–H groups in total. The molecule has 66 heavy (non-hydrogen) atoms. The molecular formula is C46H50Cl2F6N10O2. The lowest BCUT2D eigenvalue weighted by Gasteiger charge is -2.47. The Morgan fingerprint density at radius 2 is 1.09 bits per heavy atom. The van der Waals surface area contributed by atoms with Gasteiger partial charge in [-0.3, -0.25) is 0 Å². The van der Waals surface area contributed by atoms with Gasteiger partial charge in [-0.2, -0.15) is 36.5 Å². The second kappa shape index (κ2) is 19.6. The number of alkyl halides is 6. The first kappa shape index (κ1) is 48.8. The fourth-order valence-electron chi connectivity index (χ4n) is 8.88. The lowest BCUT2D eigenvalue weighted by atomic mass is 9.97. The molecule has 10 heterocycles. The highest BCUT2D eigenvalue weighted by Gasteiger charge is 2.39. The van der Waals surface area contributed by atoms with E-state index in [4.69, 9.17) is 21.1 Å². The third-order valence-corrected chi connectivity index (χ3v) is 12.6. The SMILES string of the molecule is C1NCC2CC1O2.Cc1c([C@@H](C)Nc2nnc(C)c3cnc(Cl)cc23)cccc1C(F)(F)F.Cc1c([C@@H](C)Nc2nnc(C)c3cnc(N4CC5CC(C4)O5)cc23)cccc1C(F)(F)F.Cl. The average molecular weight is 960 g/mol. The van der Waals surface area contributed by atoms with Crippen molar-refractivity contribution in [2.45, 2.75) is 103 Å². The van der Waals surface area contributed by atoms with Crippen molar-refractivity contribution in [2.24, 2.45) is 0 Å². The molecule has 0 amide bonds. The zero-order chi connectivity index (χ0) is 46.4. The minimum absolute atomic E-state index is 0. The molecule has 4 unspecified atom stereocenters. The number of piperidine rings is 2. The van der Waals surface area contributed by atoms with Crippen LogP contribution >= 0.6 is 24.0 Å². The monoisotopic (exact) mass is 958 g/mol. The van der Waals surface area contributed by atoms with Gasteiger partial charge in [0.2, 0.25) is 0 Å². The van der Waals surface area contributed by atoms with Crippen LogP contribution in [0.5, 0.6) is 0 Å². The predicted octanol–water partition coefficient (Wildman–Crippen LogP) is 10.5. The van der Waals surface area contributed by atoms with E-state index in [1.165, 1.54) is 32.4 Å². The number of halogens is 8. The van der Waals surface area contributed by atoms with Crippen molar-refractivity contribution in [1.82, 2.24) is 35.7 Å². The molecule has 4 aromatic heterocycles. The number of fused-ring (bicyclic) bond motifs is 6. The number of aryl methyl sites for hydroxylation is 2. The Morgan fingerprint density at radius 1 is 0.652 bits per heavy atom. The summed E-state index contributed by atoms with van der Waals surface area (Å²) in [6.45, 7) is 14.0. The summed E-state index contributed by atoms with van der Waals surface area (Å²) in [7, 11) is 0. The van der Waals surface area contributed by atoms with Gasteiger partial charge in [-0.15, -0.1) is 22.6 Å². The normalized spacial score (nSPS) is 20.6. The van der Waals surface area contributed by atoms with Crippen LogP contribution in [0.4, 0.5) is 43.8 Å². The van der Waals surface area contributed by atoms with Crippen LogP contribution in [-0.4, -0.2) is 81.0 Å². The number of rotatable bonds is 7. The lowest BCUT2D eigenvalue weighted by molar-refractivity contribution is -0.143. The second-order valence-corrected chi connectivity index (χ2v) is 17.4. The van der Waals surface area contributed by atoms with Crippen molar-refractivity contribution in [3.05, 3.63) is 111 Å². The summed E-state index contributed by atoms with van der Waals surface area (Å²) < 4.78 is 90.6. The zero-order valence-electron chi connectivity index (χ0n) is 37.0. The number of hydrogen-bond donors (Lipinski definition) is 3. The number of nitrogens with one attached hydrogen (secondary N) is 3. The summed E-state index contributed by atoms with van der Waals surface area (Å²) in [6.07, 6.45) is -1.35. The Hall–Kier alpha value is -5.14. The van der Waals surface area contributed by atoms with Crippen molar-refractivity contribution in [3.8, 4) is 0 Å². The van der Waals surface area contributed by atoms with E-state index in [0.717, 1.165) is 72.4 Å². The van der Waals surface area contributed by atoms with E-state index in [1.807, 2.05) is 19.9 Å². The Labute approximate surface area is 389 Å². The highest BCUT2D eigenvalue weighted by molar-refractivity contribution is 6.30. The Bertz CT molecular complexity index is 2680. The first-order chi connectivity index (χ1) is 30.8. The molecule has 6 fully saturated rings. The smallest absolute Gasteiger partial charge is 0.372 e. The van der Waals surface area contributed by atoms with Gasteiger partial charge in [-0.25, -0.2) is 9.97 Å². The Balaban J connectivity index is 0.000000170. The minimum Gasteiger partial charge on any atom is -0.372 e. The summed E-state index contributed by atoms with van der Waals surface area (Å²) >= 11 is 5.98. The topological polar surface area (TPSA) is 135 Å². The number of benzene rings is 2. The average Bonchev–Trinajstić information content (AvgIpc) is 3.25. The van der Waals surface area contributed by atoms with Gasteiger partial charge in [0.05, 0.1) is 59.0 Å². The number of ether oxygens (including phenoxy) is 2. The van der Waals surface area contributed by atoms with Gasteiger partial charge >= 0.3 is 12.4 Å². The van der Waals surface area contributed by atoms with E-state index in [2.05, 4.69) is 51.2 Å². The summed E-state index contributed by atoms with van der Waals surface area (Å²) in [5, 5.41) is 30.0. The molecule has 0 aliphatic carbocycles. The first-order valence-electron chi connectivity index (χ1n) is 21.4. The lowest BCUT2D eigenvalue weighted by Crippen LogP contribution is -2.57.